The first kappa shape index (κ1) is 25.8. The van der Waals surface area contributed by atoms with Crippen LogP contribution >= 0.6 is 11.9 Å². The van der Waals surface area contributed by atoms with E-state index >= 15 is 0 Å². The molecule has 0 amide bonds. The SMILES string of the molecule is C=C(C)NC(C)(C)C.C=C(CNSc1ccc(C)cc1)NC1(c2nc3c(F)cccc3[nH]2)CC1. The fraction of sp³-hybridized carbons (Fsp3) is 0.370. The quantitative estimate of drug-likeness (QED) is 0.284. The summed E-state index contributed by atoms with van der Waals surface area (Å²) in [5.74, 6) is 0.487. The molecule has 1 heterocycles. The van der Waals surface area contributed by atoms with Crippen molar-refractivity contribution in [3.63, 3.8) is 0 Å². The number of aryl methyl sites for hydroxylation is 1. The van der Waals surface area contributed by atoms with Crippen LogP contribution in [0.5, 0.6) is 0 Å². The van der Waals surface area contributed by atoms with Gasteiger partial charge in [0.2, 0.25) is 0 Å². The number of para-hydroxylation sites is 1. The van der Waals surface area contributed by atoms with Crippen LogP contribution in [0.2, 0.25) is 0 Å². The summed E-state index contributed by atoms with van der Waals surface area (Å²) in [6.45, 7) is 18.9. The summed E-state index contributed by atoms with van der Waals surface area (Å²) in [4.78, 5) is 8.89. The number of nitrogens with zero attached hydrogens (tertiary/aromatic N) is 1. The average molecular weight is 482 g/mol. The molecule has 0 radical (unpaired) electrons. The number of aromatic amines is 1. The standard InChI is InChI=1S/C20H21FN4S.C7H15N/c1-13-6-8-15(9-7-13)26-22-12-14(2)25-20(10-11-20)19-23-17-5-3-4-16(21)18(17)24-19;1-6(2)8-7(3,4)5/h3-9,22,25H,2,10-12H2,1H3,(H,23,24);8H,1H2,2-5H3. The second-order valence-corrected chi connectivity index (χ2v) is 10.9. The first-order valence-corrected chi connectivity index (χ1v) is 12.3. The zero-order valence-corrected chi connectivity index (χ0v) is 21.6. The molecule has 4 N–H and O–H groups in total. The van der Waals surface area contributed by atoms with Crippen molar-refractivity contribution in [2.24, 2.45) is 0 Å². The fourth-order valence-corrected chi connectivity index (χ4v) is 4.29. The van der Waals surface area contributed by atoms with Gasteiger partial charge in [-0.05, 0) is 83.7 Å². The third-order valence-corrected chi connectivity index (χ3v) is 5.96. The molecule has 0 aliphatic heterocycles. The zero-order chi connectivity index (χ0) is 24.9. The minimum Gasteiger partial charge on any atom is -0.384 e. The maximum Gasteiger partial charge on any atom is 0.151 e. The largest absolute Gasteiger partial charge is 0.384 e. The Labute approximate surface area is 206 Å². The van der Waals surface area contributed by atoms with Crippen LogP contribution in [0.15, 0.2) is 71.9 Å². The van der Waals surface area contributed by atoms with Gasteiger partial charge in [0.25, 0.3) is 0 Å². The molecule has 1 fully saturated rings. The first-order chi connectivity index (χ1) is 16.0. The van der Waals surface area contributed by atoms with E-state index in [1.807, 2.05) is 13.0 Å². The molecule has 0 bridgehead atoms. The van der Waals surface area contributed by atoms with Gasteiger partial charge in [-0.15, -0.1) is 0 Å². The molecule has 3 aromatic rings. The molecule has 0 unspecified atom stereocenters. The van der Waals surface area contributed by atoms with Crippen LogP contribution in [-0.2, 0) is 5.54 Å². The van der Waals surface area contributed by atoms with E-state index in [0.717, 1.165) is 40.5 Å². The number of halogens is 1. The summed E-state index contributed by atoms with van der Waals surface area (Å²) in [7, 11) is 0. The molecule has 1 aromatic heterocycles. The van der Waals surface area contributed by atoms with Gasteiger partial charge in [0.05, 0.1) is 11.1 Å². The van der Waals surface area contributed by atoms with Crippen LogP contribution in [0.1, 0.15) is 51.9 Å². The lowest BCUT2D eigenvalue weighted by Gasteiger charge is -2.21. The van der Waals surface area contributed by atoms with Gasteiger partial charge in [0, 0.05) is 28.4 Å². The van der Waals surface area contributed by atoms with Gasteiger partial charge in [-0.25, -0.2) is 9.37 Å². The Kier molecular flexibility index (Phi) is 8.10. The van der Waals surface area contributed by atoms with Crippen molar-refractivity contribution in [3.05, 3.63) is 84.2 Å². The number of allylic oxidation sites excluding steroid dienone is 1. The van der Waals surface area contributed by atoms with Gasteiger partial charge >= 0.3 is 0 Å². The number of aromatic nitrogens is 2. The summed E-state index contributed by atoms with van der Waals surface area (Å²) < 4.78 is 17.2. The molecule has 5 nitrogen and oxygen atoms in total. The van der Waals surface area contributed by atoms with Crippen LogP contribution in [0.25, 0.3) is 11.0 Å². The third kappa shape index (κ3) is 7.37. The molecule has 1 saturated carbocycles. The van der Waals surface area contributed by atoms with Crippen molar-refractivity contribution in [3.8, 4) is 0 Å². The van der Waals surface area contributed by atoms with Crippen molar-refractivity contribution in [2.75, 3.05) is 6.54 Å². The molecule has 182 valence electrons. The second kappa shape index (κ2) is 10.7. The molecule has 4 rings (SSSR count). The first-order valence-electron chi connectivity index (χ1n) is 11.5. The van der Waals surface area contributed by atoms with Crippen LogP contribution < -0.4 is 15.4 Å². The Balaban J connectivity index is 0.000000350. The molecule has 0 saturated heterocycles. The minimum atomic E-state index is -0.296. The lowest BCUT2D eigenvalue weighted by molar-refractivity contribution is 0.474. The summed E-state index contributed by atoms with van der Waals surface area (Å²) >= 11 is 1.58. The Morgan fingerprint density at radius 3 is 2.35 bits per heavy atom. The highest BCUT2D eigenvalue weighted by molar-refractivity contribution is 7.97. The van der Waals surface area contributed by atoms with Gasteiger partial charge in [-0.2, -0.15) is 0 Å². The minimum absolute atomic E-state index is 0.172. The maximum atomic E-state index is 13.9. The van der Waals surface area contributed by atoms with Crippen LogP contribution in [0.4, 0.5) is 4.39 Å². The lowest BCUT2D eigenvalue weighted by atomic mass is 10.1. The molecule has 7 heteroatoms. The highest BCUT2D eigenvalue weighted by atomic mass is 32.2. The van der Waals surface area contributed by atoms with Crippen LogP contribution in [0, 0.1) is 12.7 Å². The number of benzene rings is 2. The number of imidazole rings is 1. The zero-order valence-electron chi connectivity index (χ0n) is 20.8. The maximum absolute atomic E-state index is 13.9. The van der Waals surface area contributed by atoms with Crippen molar-refractivity contribution >= 4 is 23.0 Å². The molecule has 1 aliphatic carbocycles. The summed E-state index contributed by atoms with van der Waals surface area (Å²) in [5.41, 5.74) is 4.21. The van der Waals surface area contributed by atoms with Crippen LogP contribution in [0.3, 0.4) is 0 Å². The van der Waals surface area contributed by atoms with Crippen molar-refractivity contribution in [2.45, 2.75) is 63.4 Å². The van der Waals surface area contributed by atoms with E-state index in [9.17, 15) is 4.39 Å². The van der Waals surface area contributed by atoms with Gasteiger partial charge in [-0.1, -0.05) is 36.9 Å². The van der Waals surface area contributed by atoms with Crippen LogP contribution in [-0.4, -0.2) is 22.1 Å². The average Bonchev–Trinajstić information content (AvgIpc) is 3.36. The molecule has 0 spiro atoms. The van der Waals surface area contributed by atoms with E-state index in [2.05, 4.69) is 90.4 Å². The van der Waals surface area contributed by atoms with E-state index < -0.39 is 0 Å². The smallest absolute Gasteiger partial charge is 0.151 e. The molecule has 2 aromatic carbocycles. The third-order valence-electron chi connectivity index (χ3n) is 5.17. The molecular weight excluding hydrogens is 445 g/mol. The van der Waals surface area contributed by atoms with Crippen molar-refractivity contribution in [1.82, 2.24) is 25.3 Å². The number of hydrogen-bond donors (Lipinski definition) is 4. The predicted octanol–water partition coefficient (Wildman–Crippen LogP) is 6.31. The number of fused-ring (bicyclic) bond motifs is 1. The Morgan fingerprint density at radius 2 is 1.82 bits per heavy atom. The van der Waals surface area contributed by atoms with Crippen molar-refractivity contribution in [1.29, 1.82) is 0 Å². The summed E-state index contributed by atoms with van der Waals surface area (Å²) in [6.07, 6.45) is 1.91. The highest BCUT2D eigenvalue weighted by Crippen LogP contribution is 2.45. The summed E-state index contributed by atoms with van der Waals surface area (Å²) in [5, 5.41) is 6.66. The topological polar surface area (TPSA) is 64.8 Å². The van der Waals surface area contributed by atoms with E-state index in [4.69, 9.17) is 0 Å². The van der Waals surface area contributed by atoms with Gasteiger partial charge in [0.15, 0.2) is 5.82 Å². The fourth-order valence-electron chi connectivity index (χ4n) is 3.61. The molecule has 0 atom stereocenters. The monoisotopic (exact) mass is 481 g/mol. The van der Waals surface area contributed by atoms with E-state index in [0.29, 0.717) is 12.1 Å². The Morgan fingerprint density at radius 1 is 1.15 bits per heavy atom. The second-order valence-electron chi connectivity index (χ2n) is 9.92. The predicted molar refractivity (Wildman–Crippen MR) is 142 cm³/mol. The number of H-pyrrole nitrogens is 1. The number of hydrogen-bond acceptors (Lipinski definition) is 5. The Hall–Kier alpha value is -2.77. The summed E-state index contributed by atoms with van der Waals surface area (Å²) in [6, 6.07) is 13.3. The van der Waals surface area contributed by atoms with Gasteiger partial charge < -0.3 is 15.6 Å². The van der Waals surface area contributed by atoms with Gasteiger partial charge in [-0.3, -0.25) is 4.72 Å². The lowest BCUT2D eigenvalue weighted by Crippen LogP contribution is -2.33. The normalized spacial score (nSPS) is 14.2. The Bertz CT molecular complexity index is 1140. The number of rotatable bonds is 8. The van der Waals surface area contributed by atoms with E-state index in [1.165, 1.54) is 11.6 Å². The molecular formula is C27H36FN5S. The number of nitrogens with one attached hydrogen (secondary N) is 4. The highest BCUT2D eigenvalue weighted by Gasteiger charge is 2.47. The van der Waals surface area contributed by atoms with Gasteiger partial charge in [0.1, 0.15) is 11.3 Å². The molecule has 34 heavy (non-hydrogen) atoms. The van der Waals surface area contributed by atoms with E-state index in [1.54, 1.807) is 18.0 Å². The van der Waals surface area contributed by atoms with Crippen molar-refractivity contribution < 1.29 is 4.39 Å². The molecule has 1 aliphatic rings. The van der Waals surface area contributed by atoms with E-state index in [-0.39, 0.29) is 16.9 Å².